The predicted molar refractivity (Wildman–Crippen MR) is 238 cm³/mol. The van der Waals surface area contributed by atoms with E-state index in [-0.39, 0.29) is 0 Å². The summed E-state index contributed by atoms with van der Waals surface area (Å²) in [4.78, 5) is 15.8. The number of anilines is 3. The van der Waals surface area contributed by atoms with Crippen LogP contribution in [0.4, 0.5) is 17.1 Å². The SMILES string of the molecule is c1ccc2cc(-c3ccc4c(ccc5cc(N(c6ccc(-c7ccc8ccncc8c7)cc6)c6ccc(-c7ccc8ccncc8c7)cc6)ccc54)c3)ncc2c1. The normalized spacial score (nSPS) is 11.5. The van der Waals surface area contributed by atoms with Gasteiger partial charge in [0, 0.05) is 69.8 Å². The molecule has 0 bridgehead atoms. The van der Waals surface area contributed by atoms with E-state index in [2.05, 4.69) is 191 Å². The van der Waals surface area contributed by atoms with Crippen LogP contribution >= 0.6 is 0 Å². The minimum absolute atomic E-state index is 0.981. The van der Waals surface area contributed by atoms with E-state index < -0.39 is 0 Å². The second-order valence-electron chi connectivity index (χ2n) is 14.6. The molecule has 0 spiro atoms. The number of hydrogen-bond donors (Lipinski definition) is 0. The zero-order chi connectivity index (χ0) is 37.7. The summed E-state index contributed by atoms with van der Waals surface area (Å²) in [7, 11) is 0. The Morgan fingerprint density at radius 2 is 0.789 bits per heavy atom. The molecule has 11 rings (SSSR count). The van der Waals surface area contributed by atoms with Crippen molar-refractivity contribution in [2.75, 3.05) is 4.90 Å². The van der Waals surface area contributed by atoms with Crippen LogP contribution < -0.4 is 4.90 Å². The molecule has 0 amide bonds. The summed E-state index contributed by atoms with van der Waals surface area (Å²) >= 11 is 0. The number of aromatic nitrogens is 3. The van der Waals surface area contributed by atoms with Gasteiger partial charge in [-0.2, -0.15) is 0 Å². The highest BCUT2D eigenvalue weighted by Crippen LogP contribution is 2.40. The largest absolute Gasteiger partial charge is 0.310 e. The molecular formula is C53H34N4. The fourth-order valence-corrected chi connectivity index (χ4v) is 8.18. The van der Waals surface area contributed by atoms with Crippen molar-refractivity contribution in [3.63, 3.8) is 0 Å². The van der Waals surface area contributed by atoms with Crippen molar-refractivity contribution in [2.24, 2.45) is 0 Å². The third-order valence-electron chi connectivity index (χ3n) is 11.2. The molecule has 0 radical (unpaired) electrons. The lowest BCUT2D eigenvalue weighted by Gasteiger charge is -2.26. The van der Waals surface area contributed by atoms with Gasteiger partial charge in [-0.3, -0.25) is 15.0 Å². The standard InChI is InChI=1S/C53H34N4/c1-2-4-45-34-56-53(31-39(45)3-1)44-15-21-51-42(29-44)9-10-43-30-50(20-22-52(43)51)57(48-16-11-35(12-17-48)40-7-5-37-23-25-54-32-46(37)27-40)49-18-13-36(14-19-49)41-8-6-38-24-26-55-33-47(38)28-41/h1-34H. The van der Waals surface area contributed by atoms with E-state index in [9.17, 15) is 0 Å². The molecule has 266 valence electrons. The highest BCUT2D eigenvalue weighted by Gasteiger charge is 2.15. The average Bonchev–Trinajstić information content (AvgIpc) is 3.29. The number of pyridine rings is 3. The van der Waals surface area contributed by atoms with Gasteiger partial charge in [0.2, 0.25) is 0 Å². The Bertz CT molecular complexity index is 3180. The number of rotatable bonds is 6. The highest BCUT2D eigenvalue weighted by atomic mass is 15.1. The molecule has 4 nitrogen and oxygen atoms in total. The van der Waals surface area contributed by atoms with Gasteiger partial charge >= 0.3 is 0 Å². The molecule has 0 aliphatic heterocycles. The van der Waals surface area contributed by atoms with Crippen LogP contribution in [0.2, 0.25) is 0 Å². The van der Waals surface area contributed by atoms with Crippen LogP contribution in [0.5, 0.6) is 0 Å². The minimum Gasteiger partial charge on any atom is -0.310 e. The molecule has 57 heavy (non-hydrogen) atoms. The van der Waals surface area contributed by atoms with Gasteiger partial charge in [-0.15, -0.1) is 0 Å². The molecule has 0 aliphatic rings. The van der Waals surface area contributed by atoms with Crippen LogP contribution in [0.1, 0.15) is 0 Å². The molecule has 0 saturated carbocycles. The molecule has 0 fully saturated rings. The lowest BCUT2D eigenvalue weighted by atomic mass is 9.97. The van der Waals surface area contributed by atoms with Crippen LogP contribution in [0.25, 0.3) is 87.4 Å². The smallest absolute Gasteiger partial charge is 0.0708 e. The highest BCUT2D eigenvalue weighted by molar-refractivity contribution is 6.09. The molecule has 4 heteroatoms. The molecule has 3 heterocycles. The second kappa shape index (κ2) is 13.6. The van der Waals surface area contributed by atoms with E-state index in [1.165, 1.54) is 48.8 Å². The lowest BCUT2D eigenvalue weighted by Crippen LogP contribution is -2.09. The van der Waals surface area contributed by atoms with Gasteiger partial charge in [0.05, 0.1) is 5.69 Å². The summed E-state index contributed by atoms with van der Waals surface area (Å²) < 4.78 is 0. The van der Waals surface area contributed by atoms with Gasteiger partial charge in [-0.1, -0.05) is 103 Å². The van der Waals surface area contributed by atoms with Crippen molar-refractivity contribution in [1.82, 2.24) is 15.0 Å². The van der Waals surface area contributed by atoms with Crippen molar-refractivity contribution in [3.8, 4) is 33.5 Å². The van der Waals surface area contributed by atoms with Crippen molar-refractivity contribution in [3.05, 3.63) is 207 Å². The molecule has 0 atom stereocenters. The predicted octanol–water partition coefficient (Wildman–Crippen LogP) is 14.1. The number of nitrogens with zero attached hydrogens (tertiary/aromatic N) is 4. The number of benzene rings is 8. The quantitative estimate of drug-likeness (QED) is 0.160. The van der Waals surface area contributed by atoms with Crippen molar-refractivity contribution in [1.29, 1.82) is 0 Å². The van der Waals surface area contributed by atoms with Crippen molar-refractivity contribution in [2.45, 2.75) is 0 Å². The first kappa shape index (κ1) is 32.7. The van der Waals surface area contributed by atoms with Crippen LogP contribution in [0.15, 0.2) is 207 Å². The van der Waals surface area contributed by atoms with E-state index >= 15 is 0 Å². The molecule has 3 aromatic heterocycles. The molecular weight excluding hydrogens is 693 g/mol. The fourth-order valence-electron chi connectivity index (χ4n) is 8.18. The maximum Gasteiger partial charge on any atom is 0.0708 e. The zero-order valence-corrected chi connectivity index (χ0v) is 30.9. The molecule has 0 saturated heterocycles. The Kier molecular flexibility index (Phi) is 7.78. The summed E-state index contributed by atoms with van der Waals surface area (Å²) in [6, 6.07) is 63.5. The number of fused-ring (bicyclic) bond motifs is 6. The van der Waals surface area contributed by atoms with Crippen LogP contribution in [-0.4, -0.2) is 15.0 Å². The lowest BCUT2D eigenvalue weighted by molar-refractivity contribution is 1.29. The van der Waals surface area contributed by atoms with Crippen LogP contribution in [0, 0.1) is 0 Å². The van der Waals surface area contributed by atoms with Gasteiger partial charge in [0.25, 0.3) is 0 Å². The van der Waals surface area contributed by atoms with Gasteiger partial charge in [0.15, 0.2) is 0 Å². The van der Waals surface area contributed by atoms with E-state index in [1.807, 2.05) is 31.0 Å². The molecule has 0 unspecified atom stereocenters. The topological polar surface area (TPSA) is 41.9 Å². The van der Waals surface area contributed by atoms with E-state index in [0.29, 0.717) is 0 Å². The Morgan fingerprint density at radius 1 is 0.298 bits per heavy atom. The summed E-state index contributed by atoms with van der Waals surface area (Å²) in [5, 5.41) is 11.8. The van der Waals surface area contributed by atoms with E-state index in [4.69, 9.17) is 4.98 Å². The van der Waals surface area contributed by atoms with Gasteiger partial charge < -0.3 is 4.90 Å². The monoisotopic (exact) mass is 726 g/mol. The summed E-state index contributed by atoms with van der Waals surface area (Å²) in [6.07, 6.45) is 9.50. The van der Waals surface area contributed by atoms with Gasteiger partial charge in [0.1, 0.15) is 0 Å². The zero-order valence-electron chi connectivity index (χ0n) is 30.9. The third-order valence-corrected chi connectivity index (χ3v) is 11.2. The first-order chi connectivity index (χ1) is 28.2. The first-order valence-electron chi connectivity index (χ1n) is 19.2. The fraction of sp³-hybridized carbons (Fsp3) is 0. The first-order valence-corrected chi connectivity index (χ1v) is 19.2. The maximum atomic E-state index is 4.79. The Labute approximate surface area is 330 Å². The Hall–Kier alpha value is -7.69. The van der Waals surface area contributed by atoms with Crippen LogP contribution in [0.3, 0.4) is 0 Å². The molecule has 8 aromatic carbocycles. The summed E-state index contributed by atoms with van der Waals surface area (Å²) in [5.74, 6) is 0. The Morgan fingerprint density at radius 3 is 1.42 bits per heavy atom. The average molecular weight is 727 g/mol. The minimum atomic E-state index is 0.981. The summed E-state index contributed by atoms with van der Waals surface area (Å²) in [6.45, 7) is 0. The van der Waals surface area contributed by atoms with E-state index in [1.54, 1.807) is 0 Å². The Balaban J connectivity index is 0.981. The van der Waals surface area contributed by atoms with Crippen LogP contribution in [-0.2, 0) is 0 Å². The molecule has 0 N–H and O–H groups in total. The summed E-state index contributed by atoms with van der Waals surface area (Å²) in [5.41, 5.74) is 10.0. The molecule has 0 aliphatic carbocycles. The third kappa shape index (κ3) is 6.01. The maximum absolute atomic E-state index is 4.79. The van der Waals surface area contributed by atoms with Gasteiger partial charge in [-0.25, -0.2) is 0 Å². The van der Waals surface area contributed by atoms with Gasteiger partial charge in [-0.05, 0) is 133 Å². The van der Waals surface area contributed by atoms with E-state index in [0.717, 1.165) is 55.6 Å². The van der Waals surface area contributed by atoms with Crippen molar-refractivity contribution >= 4 is 70.9 Å². The number of hydrogen-bond acceptors (Lipinski definition) is 4. The molecule has 11 aromatic rings. The second-order valence-corrected chi connectivity index (χ2v) is 14.6. The van der Waals surface area contributed by atoms with Crippen molar-refractivity contribution < 1.29 is 0 Å².